The first-order chi connectivity index (χ1) is 9.10. The van der Waals surface area contributed by atoms with Crippen molar-refractivity contribution >= 4 is 11.6 Å². The molecule has 2 atom stereocenters. The van der Waals surface area contributed by atoms with Crippen LogP contribution in [0, 0.1) is 0 Å². The molecule has 0 fully saturated rings. The van der Waals surface area contributed by atoms with Gasteiger partial charge in [0.25, 0.3) is 5.91 Å². The predicted octanol–water partition coefficient (Wildman–Crippen LogP) is -0.185. The normalized spacial score (nSPS) is 19.3. The second-order valence-corrected chi connectivity index (χ2v) is 4.60. The molecule has 0 saturated carbocycles. The van der Waals surface area contributed by atoms with Gasteiger partial charge in [-0.3, -0.25) is 4.79 Å². The average Bonchev–Trinajstić information content (AvgIpc) is 2.40. The molecule has 1 heterocycles. The first kappa shape index (κ1) is 13.8. The summed E-state index contributed by atoms with van der Waals surface area (Å²) in [4.78, 5) is 11.5. The van der Waals surface area contributed by atoms with Crippen LogP contribution in [0.1, 0.15) is 12.5 Å². The fraction of sp³-hybridized carbons (Fsp3) is 0.462. The summed E-state index contributed by atoms with van der Waals surface area (Å²) in [6.07, 6.45) is -1.00. The summed E-state index contributed by atoms with van der Waals surface area (Å²) in [5.74, 6) is 0.536. The molecule has 1 aromatic rings. The number of amides is 1. The van der Waals surface area contributed by atoms with Gasteiger partial charge >= 0.3 is 0 Å². The third kappa shape index (κ3) is 3.44. The molecular weight excluding hydrogens is 246 g/mol. The smallest absolute Gasteiger partial charge is 0.265 e. The topological polar surface area (TPSA) is 96.6 Å². The van der Waals surface area contributed by atoms with Crippen molar-refractivity contribution in [3.05, 3.63) is 23.8 Å². The Hall–Kier alpha value is -1.63. The van der Waals surface area contributed by atoms with Crippen LogP contribution in [0.4, 0.5) is 5.69 Å². The van der Waals surface area contributed by atoms with E-state index < -0.39 is 12.2 Å². The van der Waals surface area contributed by atoms with Crippen LogP contribution in [-0.2, 0) is 11.3 Å². The minimum absolute atomic E-state index is 0.142. The Morgan fingerprint density at radius 3 is 3.11 bits per heavy atom. The molecule has 0 saturated heterocycles. The molecule has 5 N–H and O–H groups in total. The summed E-state index contributed by atoms with van der Waals surface area (Å²) in [5.41, 5.74) is 7.00. The molecule has 19 heavy (non-hydrogen) atoms. The van der Waals surface area contributed by atoms with Crippen molar-refractivity contribution in [1.82, 2.24) is 5.32 Å². The number of carbonyl (C=O) groups is 1. The number of nitrogens with two attached hydrogens (primary N) is 1. The number of ether oxygens (including phenoxy) is 1. The van der Waals surface area contributed by atoms with Gasteiger partial charge in [0.1, 0.15) is 5.75 Å². The molecule has 6 heteroatoms. The number of carbonyl (C=O) groups excluding carboxylic acids is 1. The zero-order valence-corrected chi connectivity index (χ0v) is 10.8. The Morgan fingerprint density at radius 1 is 1.58 bits per heavy atom. The monoisotopic (exact) mass is 265 g/mol. The van der Waals surface area contributed by atoms with Crippen LogP contribution < -0.4 is 21.1 Å². The van der Waals surface area contributed by atoms with Crippen LogP contribution in [0.5, 0.6) is 5.75 Å². The van der Waals surface area contributed by atoms with Crippen molar-refractivity contribution in [2.75, 3.05) is 18.4 Å². The predicted molar refractivity (Wildman–Crippen MR) is 71.9 cm³/mol. The zero-order chi connectivity index (χ0) is 13.8. The number of aliphatic hydroxyl groups excluding tert-OH is 1. The first-order valence-corrected chi connectivity index (χ1v) is 6.29. The number of benzene rings is 1. The molecule has 0 aromatic heterocycles. The van der Waals surface area contributed by atoms with Gasteiger partial charge in [-0.05, 0) is 24.6 Å². The minimum atomic E-state index is -0.540. The molecule has 0 radical (unpaired) electrons. The lowest BCUT2D eigenvalue weighted by Gasteiger charge is -2.23. The highest BCUT2D eigenvalue weighted by atomic mass is 16.5. The Bertz CT molecular complexity index is 464. The number of hydrogen-bond acceptors (Lipinski definition) is 5. The quantitative estimate of drug-likeness (QED) is 0.592. The van der Waals surface area contributed by atoms with Crippen LogP contribution in [-0.4, -0.2) is 36.3 Å². The molecule has 6 nitrogen and oxygen atoms in total. The highest BCUT2D eigenvalue weighted by Gasteiger charge is 2.23. The maximum Gasteiger partial charge on any atom is 0.265 e. The maximum atomic E-state index is 11.5. The summed E-state index contributed by atoms with van der Waals surface area (Å²) in [6, 6.07) is 5.62. The summed E-state index contributed by atoms with van der Waals surface area (Å²) in [6.45, 7) is 2.98. The number of fused-ring (bicyclic) bond motifs is 1. The molecule has 2 rings (SSSR count). The molecule has 2 unspecified atom stereocenters. The second kappa shape index (κ2) is 6.01. The zero-order valence-electron chi connectivity index (χ0n) is 10.8. The van der Waals surface area contributed by atoms with Gasteiger partial charge in [-0.25, -0.2) is 0 Å². The summed E-state index contributed by atoms with van der Waals surface area (Å²) >= 11 is 0. The van der Waals surface area contributed by atoms with Gasteiger partial charge in [0.2, 0.25) is 0 Å². The van der Waals surface area contributed by atoms with E-state index in [0.717, 1.165) is 5.56 Å². The summed E-state index contributed by atoms with van der Waals surface area (Å²) in [7, 11) is 0. The molecule has 1 aliphatic heterocycles. The highest BCUT2D eigenvalue weighted by Crippen LogP contribution is 2.30. The highest BCUT2D eigenvalue weighted by molar-refractivity contribution is 5.97. The van der Waals surface area contributed by atoms with E-state index in [1.807, 2.05) is 18.2 Å². The molecule has 0 spiro atoms. The fourth-order valence-corrected chi connectivity index (χ4v) is 1.83. The molecule has 1 amide bonds. The van der Waals surface area contributed by atoms with E-state index in [0.29, 0.717) is 24.5 Å². The van der Waals surface area contributed by atoms with Crippen molar-refractivity contribution in [1.29, 1.82) is 0 Å². The SMILES string of the molecule is CC1Oc2ccc(CNCC(O)CN)cc2NC1=O. The standard InChI is InChI=1S/C13H19N3O3/c1-8-13(18)16-11-4-9(2-3-12(11)19-8)6-15-7-10(17)5-14/h2-4,8,10,15,17H,5-7,14H2,1H3,(H,16,18). The molecule has 1 aliphatic rings. The molecule has 1 aromatic carbocycles. The van der Waals surface area contributed by atoms with Crippen molar-refractivity contribution < 1.29 is 14.6 Å². The lowest BCUT2D eigenvalue weighted by molar-refractivity contribution is -0.122. The van der Waals surface area contributed by atoms with Crippen LogP contribution in [0.2, 0.25) is 0 Å². The van der Waals surface area contributed by atoms with E-state index in [1.165, 1.54) is 0 Å². The van der Waals surface area contributed by atoms with E-state index in [9.17, 15) is 9.90 Å². The van der Waals surface area contributed by atoms with Gasteiger partial charge in [0.05, 0.1) is 11.8 Å². The number of hydrogen-bond donors (Lipinski definition) is 4. The second-order valence-electron chi connectivity index (χ2n) is 4.60. The van der Waals surface area contributed by atoms with Gasteiger partial charge in [-0.2, -0.15) is 0 Å². The lowest BCUT2D eigenvalue weighted by atomic mass is 10.1. The molecular formula is C13H19N3O3. The lowest BCUT2D eigenvalue weighted by Crippen LogP contribution is -2.34. The van der Waals surface area contributed by atoms with E-state index in [4.69, 9.17) is 10.5 Å². The number of aliphatic hydroxyl groups is 1. The van der Waals surface area contributed by atoms with Crippen LogP contribution >= 0.6 is 0 Å². The molecule has 0 aliphatic carbocycles. The largest absolute Gasteiger partial charge is 0.479 e. The van der Waals surface area contributed by atoms with E-state index in [-0.39, 0.29) is 12.5 Å². The number of anilines is 1. The van der Waals surface area contributed by atoms with Crippen LogP contribution in [0.3, 0.4) is 0 Å². The van der Waals surface area contributed by atoms with Gasteiger partial charge < -0.3 is 26.2 Å². The third-order valence-electron chi connectivity index (χ3n) is 2.96. The third-order valence-corrected chi connectivity index (χ3v) is 2.96. The fourth-order valence-electron chi connectivity index (χ4n) is 1.83. The van der Waals surface area contributed by atoms with Crippen LogP contribution in [0.15, 0.2) is 18.2 Å². The summed E-state index contributed by atoms with van der Waals surface area (Å²) < 4.78 is 5.47. The van der Waals surface area contributed by atoms with Gasteiger partial charge in [-0.15, -0.1) is 0 Å². The van der Waals surface area contributed by atoms with Gasteiger partial charge in [-0.1, -0.05) is 6.07 Å². The van der Waals surface area contributed by atoms with Crippen molar-refractivity contribution in [2.45, 2.75) is 25.7 Å². The van der Waals surface area contributed by atoms with Crippen molar-refractivity contribution in [3.63, 3.8) is 0 Å². The molecule has 0 bridgehead atoms. The van der Waals surface area contributed by atoms with Gasteiger partial charge in [0, 0.05) is 19.6 Å². The van der Waals surface area contributed by atoms with E-state index in [2.05, 4.69) is 10.6 Å². The minimum Gasteiger partial charge on any atom is -0.479 e. The number of nitrogens with one attached hydrogen (secondary N) is 2. The Labute approximate surface area is 111 Å². The van der Waals surface area contributed by atoms with E-state index in [1.54, 1.807) is 6.92 Å². The Kier molecular flexibility index (Phi) is 4.36. The first-order valence-electron chi connectivity index (χ1n) is 6.29. The van der Waals surface area contributed by atoms with Gasteiger partial charge in [0.15, 0.2) is 6.10 Å². The number of rotatable bonds is 5. The van der Waals surface area contributed by atoms with Crippen molar-refractivity contribution in [2.24, 2.45) is 5.73 Å². The Morgan fingerprint density at radius 2 is 2.37 bits per heavy atom. The Balaban J connectivity index is 1.97. The van der Waals surface area contributed by atoms with Crippen molar-refractivity contribution in [3.8, 4) is 5.75 Å². The van der Waals surface area contributed by atoms with E-state index >= 15 is 0 Å². The maximum absolute atomic E-state index is 11.5. The summed E-state index contributed by atoms with van der Waals surface area (Å²) in [5, 5.41) is 15.2. The molecule has 104 valence electrons. The average molecular weight is 265 g/mol. The van der Waals surface area contributed by atoms with Crippen LogP contribution in [0.25, 0.3) is 0 Å².